The summed E-state index contributed by atoms with van der Waals surface area (Å²) in [7, 11) is 0. The van der Waals surface area contributed by atoms with E-state index in [1.54, 1.807) is 31.3 Å². The molecular weight excluding hydrogens is 334 g/mol. The third kappa shape index (κ3) is 3.69. The van der Waals surface area contributed by atoms with Crippen LogP contribution in [0.4, 0.5) is 0 Å². The third-order valence-corrected chi connectivity index (χ3v) is 4.83. The number of thiophene rings is 1. The van der Waals surface area contributed by atoms with Gasteiger partial charge >= 0.3 is 0 Å². The van der Waals surface area contributed by atoms with Crippen LogP contribution >= 0.6 is 11.3 Å². The van der Waals surface area contributed by atoms with Crippen molar-refractivity contribution in [2.75, 3.05) is 0 Å². The predicted molar refractivity (Wildman–Crippen MR) is 99.4 cm³/mol. The summed E-state index contributed by atoms with van der Waals surface area (Å²) in [6.45, 7) is 3.83. The molecule has 128 valence electrons. The van der Waals surface area contributed by atoms with Gasteiger partial charge in [0.15, 0.2) is 0 Å². The lowest BCUT2D eigenvalue weighted by Gasteiger charge is -2.25. The van der Waals surface area contributed by atoms with E-state index < -0.39 is 5.54 Å². The molecule has 1 aromatic carbocycles. The van der Waals surface area contributed by atoms with Gasteiger partial charge in [-0.15, -0.1) is 11.3 Å². The molecule has 2 aromatic heterocycles. The van der Waals surface area contributed by atoms with Crippen LogP contribution in [-0.2, 0) is 16.9 Å². The van der Waals surface area contributed by atoms with E-state index in [1.807, 2.05) is 47.8 Å². The third-order valence-electron chi connectivity index (χ3n) is 3.96. The van der Waals surface area contributed by atoms with Gasteiger partial charge in [-0.1, -0.05) is 36.4 Å². The number of hydrogen-bond donors (Lipinski definition) is 1. The topological polar surface area (TPSA) is 64.0 Å². The van der Waals surface area contributed by atoms with Crippen LogP contribution in [-0.4, -0.2) is 15.7 Å². The van der Waals surface area contributed by atoms with E-state index in [0.717, 1.165) is 10.4 Å². The predicted octanol–water partition coefficient (Wildman–Crippen LogP) is 3.02. The van der Waals surface area contributed by atoms with Crippen LogP contribution in [0, 0.1) is 0 Å². The number of amides is 1. The van der Waals surface area contributed by atoms with Gasteiger partial charge in [0.25, 0.3) is 5.56 Å². The molecule has 6 heteroatoms. The van der Waals surface area contributed by atoms with Crippen LogP contribution in [0.2, 0.25) is 0 Å². The molecule has 3 aromatic rings. The number of carbonyl (C=O) groups excluding carboxylic acids is 1. The van der Waals surface area contributed by atoms with Crippen molar-refractivity contribution in [3.8, 4) is 11.3 Å². The number of nitrogens with one attached hydrogen (secondary N) is 1. The second kappa shape index (κ2) is 7.03. The lowest BCUT2D eigenvalue weighted by molar-refractivity contribution is -0.129. The smallest absolute Gasteiger partial charge is 0.267 e. The van der Waals surface area contributed by atoms with Gasteiger partial charge in [0.1, 0.15) is 5.54 Å². The molecule has 0 radical (unpaired) electrons. The fourth-order valence-electron chi connectivity index (χ4n) is 2.47. The monoisotopic (exact) mass is 353 g/mol. The van der Waals surface area contributed by atoms with Gasteiger partial charge in [-0.25, -0.2) is 4.68 Å². The van der Waals surface area contributed by atoms with E-state index >= 15 is 0 Å². The van der Waals surface area contributed by atoms with Crippen LogP contribution in [0.25, 0.3) is 11.3 Å². The standard InChI is InChI=1S/C19H19N3O2S/c1-19(2,18(24)20-13-15-9-6-12-25-15)22-17(23)11-10-16(21-22)14-7-4-3-5-8-14/h3-12H,13H2,1-2H3,(H,20,24). The molecule has 0 atom stereocenters. The quantitative estimate of drug-likeness (QED) is 0.767. The molecule has 25 heavy (non-hydrogen) atoms. The normalized spacial score (nSPS) is 11.3. The molecule has 5 nitrogen and oxygen atoms in total. The Morgan fingerprint density at radius 2 is 1.88 bits per heavy atom. The van der Waals surface area contributed by atoms with Gasteiger partial charge in [0.2, 0.25) is 5.91 Å². The largest absolute Gasteiger partial charge is 0.349 e. The zero-order valence-corrected chi connectivity index (χ0v) is 14.9. The van der Waals surface area contributed by atoms with Crippen LogP contribution in [0.1, 0.15) is 18.7 Å². The van der Waals surface area contributed by atoms with Crippen LogP contribution in [0.15, 0.2) is 64.8 Å². The van der Waals surface area contributed by atoms with Crippen molar-refractivity contribution >= 4 is 17.2 Å². The van der Waals surface area contributed by atoms with Crippen LogP contribution in [0.3, 0.4) is 0 Å². The summed E-state index contributed by atoms with van der Waals surface area (Å²) in [5.41, 5.74) is 0.139. The molecule has 2 heterocycles. The van der Waals surface area contributed by atoms with E-state index in [2.05, 4.69) is 10.4 Å². The Morgan fingerprint density at radius 3 is 2.56 bits per heavy atom. The maximum Gasteiger partial charge on any atom is 0.267 e. The van der Waals surface area contributed by atoms with Gasteiger partial charge < -0.3 is 5.32 Å². The Labute approximate surface area is 150 Å². The zero-order valence-electron chi connectivity index (χ0n) is 14.1. The van der Waals surface area contributed by atoms with Crippen molar-refractivity contribution in [3.63, 3.8) is 0 Å². The van der Waals surface area contributed by atoms with E-state index in [1.165, 1.54) is 10.7 Å². The second-order valence-corrected chi connectivity index (χ2v) is 7.19. The number of aromatic nitrogens is 2. The number of rotatable bonds is 5. The first-order valence-electron chi connectivity index (χ1n) is 7.95. The highest BCUT2D eigenvalue weighted by molar-refractivity contribution is 7.09. The average molecular weight is 353 g/mol. The summed E-state index contributed by atoms with van der Waals surface area (Å²) in [6, 6.07) is 16.6. The fourth-order valence-corrected chi connectivity index (χ4v) is 3.11. The fraction of sp³-hybridized carbons (Fsp3) is 0.211. The average Bonchev–Trinajstić information content (AvgIpc) is 3.14. The van der Waals surface area contributed by atoms with Crippen molar-refractivity contribution < 1.29 is 4.79 Å². The highest BCUT2D eigenvalue weighted by Gasteiger charge is 2.32. The lowest BCUT2D eigenvalue weighted by atomic mass is 10.0. The summed E-state index contributed by atoms with van der Waals surface area (Å²) in [5, 5.41) is 9.27. The summed E-state index contributed by atoms with van der Waals surface area (Å²) in [5.74, 6) is -0.249. The molecule has 0 bridgehead atoms. The summed E-state index contributed by atoms with van der Waals surface area (Å²) in [6.07, 6.45) is 0. The first kappa shape index (κ1) is 17.1. The van der Waals surface area contributed by atoms with E-state index in [4.69, 9.17) is 0 Å². The Balaban J connectivity index is 1.88. The number of nitrogens with zero attached hydrogens (tertiary/aromatic N) is 2. The molecule has 0 aliphatic carbocycles. The lowest BCUT2D eigenvalue weighted by Crippen LogP contribution is -2.49. The Hall–Kier alpha value is -2.73. The molecule has 0 aliphatic rings. The molecule has 0 saturated heterocycles. The van der Waals surface area contributed by atoms with Crippen molar-refractivity contribution in [1.82, 2.24) is 15.1 Å². The summed E-state index contributed by atoms with van der Waals surface area (Å²) < 4.78 is 1.25. The molecule has 3 rings (SSSR count). The van der Waals surface area contributed by atoms with E-state index in [9.17, 15) is 9.59 Å². The van der Waals surface area contributed by atoms with Gasteiger partial charge in [0, 0.05) is 16.5 Å². The Bertz CT molecular complexity index is 915. The van der Waals surface area contributed by atoms with Gasteiger partial charge in [-0.2, -0.15) is 5.10 Å². The Kier molecular flexibility index (Phi) is 4.81. The first-order chi connectivity index (χ1) is 12.0. The summed E-state index contributed by atoms with van der Waals surface area (Å²) in [4.78, 5) is 26.0. The highest BCUT2D eigenvalue weighted by atomic mass is 32.1. The van der Waals surface area contributed by atoms with Crippen molar-refractivity contribution in [1.29, 1.82) is 0 Å². The van der Waals surface area contributed by atoms with Crippen LogP contribution < -0.4 is 10.9 Å². The molecule has 0 aliphatic heterocycles. The van der Waals surface area contributed by atoms with Crippen LogP contribution in [0.5, 0.6) is 0 Å². The minimum absolute atomic E-state index is 0.249. The molecular formula is C19H19N3O2S. The molecule has 0 saturated carbocycles. The van der Waals surface area contributed by atoms with Crippen molar-refractivity contribution in [2.45, 2.75) is 25.9 Å². The minimum atomic E-state index is -1.10. The van der Waals surface area contributed by atoms with Gasteiger partial charge in [-0.05, 0) is 31.4 Å². The molecule has 1 N–H and O–H groups in total. The molecule has 0 fully saturated rings. The zero-order chi connectivity index (χ0) is 17.9. The summed E-state index contributed by atoms with van der Waals surface area (Å²) >= 11 is 1.58. The minimum Gasteiger partial charge on any atom is -0.349 e. The molecule has 0 unspecified atom stereocenters. The SMILES string of the molecule is CC(C)(C(=O)NCc1cccs1)n1nc(-c2ccccc2)ccc1=O. The van der Waals surface area contributed by atoms with E-state index in [0.29, 0.717) is 12.2 Å². The maximum absolute atomic E-state index is 12.7. The van der Waals surface area contributed by atoms with Gasteiger partial charge in [0.05, 0.1) is 12.2 Å². The number of hydrogen-bond acceptors (Lipinski definition) is 4. The van der Waals surface area contributed by atoms with Crippen molar-refractivity contribution in [3.05, 3.63) is 75.2 Å². The molecule has 1 amide bonds. The van der Waals surface area contributed by atoms with Gasteiger partial charge in [-0.3, -0.25) is 9.59 Å². The maximum atomic E-state index is 12.7. The Morgan fingerprint density at radius 1 is 1.12 bits per heavy atom. The highest BCUT2D eigenvalue weighted by Crippen LogP contribution is 2.18. The van der Waals surface area contributed by atoms with E-state index in [-0.39, 0.29) is 11.5 Å². The van der Waals surface area contributed by atoms with Crippen molar-refractivity contribution in [2.24, 2.45) is 0 Å². The number of benzene rings is 1. The number of carbonyl (C=O) groups is 1. The first-order valence-corrected chi connectivity index (χ1v) is 8.83. The second-order valence-electron chi connectivity index (χ2n) is 6.16. The molecule has 0 spiro atoms.